The monoisotopic (exact) mass is 434 g/mol. The minimum Gasteiger partial charge on any atom is -0.354 e. The van der Waals surface area contributed by atoms with E-state index >= 15 is 0 Å². The molecule has 1 aliphatic carbocycles. The molecule has 3 heterocycles. The number of carbonyl (C=O) groups excluding carboxylic acids is 1. The number of benzene rings is 1. The van der Waals surface area contributed by atoms with Crippen LogP contribution in [0.5, 0.6) is 0 Å². The molecule has 8 heteroatoms. The van der Waals surface area contributed by atoms with Gasteiger partial charge in [-0.25, -0.2) is 14.1 Å². The summed E-state index contributed by atoms with van der Waals surface area (Å²) < 4.78 is 15.1. The molecule has 166 valence electrons. The van der Waals surface area contributed by atoms with Gasteiger partial charge in [-0.3, -0.25) is 4.79 Å². The van der Waals surface area contributed by atoms with E-state index in [0.717, 1.165) is 73.8 Å². The fraction of sp³-hybridized carbons (Fsp3) is 0.375. The fourth-order valence-corrected chi connectivity index (χ4v) is 4.43. The first-order valence-corrected chi connectivity index (χ1v) is 11.1. The van der Waals surface area contributed by atoms with Crippen LogP contribution in [0, 0.1) is 5.82 Å². The van der Waals surface area contributed by atoms with Crippen molar-refractivity contribution in [2.45, 2.75) is 25.8 Å². The highest BCUT2D eigenvalue weighted by Gasteiger charge is 2.27. The molecule has 7 nitrogen and oxygen atoms in total. The summed E-state index contributed by atoms with van der Waals surface area (Å²) in [6, 6.07) is 10.2. The van der Waals surface area contributed by atoms with Crippen LogP contribution in [0.15, 0.2) is 42.6 Å². The Balaban J connectivity index is 1.27. The largest absolute Gasteiger partial charge is 0.354 e. The normalized spacial score (nSPS) is 16.2. The molecule has 0 spiro atoms. The number of pyridine rings is 1. The van der Waals surface area contributed by atoms with Gasteiger partial charge in [0, 0.05) is 50.2 Å². The van der Waals surface area contributed by atoms with Crippen LogP contribution in [0.2, 0.25) is 0 Å². The fourth-order valence-electron chi connectivity index (χ4n) is 4.43. The third-order valence-electron chi connectivity index (χ3n) is 6.31. The first-order chi connectivity index (χ1) is 15.6. The lowest BCUT2D eigenvalue weighted by Crippen LogP contribution is -2.44. The van der Waals surface area contributed by atoms with Crippen molar-refractivity contribution >= 4 is 11.7 Å². The van der Waals surface area contributed by atoms with Crippen molar-refractivity contribution < 1.29 is 9.18 Å². The lowest BCUT2D eigenvalue weighted by atomic mass is 10.2. The Morgan fingerprint density at radius 2 is 1.84 bits per heavy atom. The number of hydrogen-bond donors (Lipinski definition) is 1. The highest BCUT2D eigenvalue weighted by atomic mass is 19.1. The number of piperazine rings is 1. The molecule has 1 fully saturated rings. The van der Waals surface area contributed by atoms with Gasteiger partial charge in [-0.15, -0.1) is 0 Å². The van der Waals surface area contributed by atoms with Gasteiger partial charge in [-0.2, -0.15) is 5.10 Å². The summed E-state index contributed by atoms with van der Waals surface area (Å²) in [4.78, 5) is 22.1. The maximum absolute atomic E-state index is 13.3. The van der Waals surface area contributed by atoms with Gasteiger partial charge in [0.25, 0.3) is 5.91 Å². The predicted octanol–water partition coefficient (Wildman–Crippen LogP) is 2.58. The summed E-state index contributed by atoms with van der Waals surface area (Å²) in [6.07, 6.45) is 4.52. The van der Waals surface area contributed by atoms with E-state index in [1.165, 1.54) is 12.1 Å². The Hall–Kier alpha value is -3.26. The van der Waals surface area contributed by atoms with E-state index in [1.54, 1.807) is 16.8 Å². The molecular formula is C24H27FN6O. The second-order valence-electron chi connectivity index (χ2n) is 8.51. The maximum Gasteiger partial charge on any atom is 0.272 e. The van der Waals surface area contributed by atoms with Crippen molar-refractivity contribution in [1.29, 1.82) is 0 Å². The number of nitrogens with one attached hydrogen (secondary N) is 1. The Labute approximate surface area is 186 Å². The van der Waals surface area contributed by atoms with Gasteiger partial charge in [0.05, 0.1) is 5.69 Å². The molecule has 0 saturated carbocycles. The van der Waals surface area contributed by atoms with Gasteiger partial charge >= 0.3 is 0 Å². The number of halogens is 1. The molecule has 5 rings (SSSR count). The van der Waals surface area contributed by atoms with E-state index in [2.05, 4.69) is 32.2 Å². The van der Waals surface area contributed by atoms with Gasteiger partial charge in [0.15, 0.2) is 5.69 Å². The van der Waals surface area contributed by atoms with Crippen LogP contribution in [0.3, 0.4) is 0 Å². The molecule has 0 atom stereocenters. The highest BCUT2D eigenvalue weighted by Crippen LogP contribution is 2.28. The molecule has 32 heavy (non-hydrogen) atoms. The van der Waals surface area contributed by atoms with Crippen LogP contribution in [0.1, 0.15) is 33.7 Å². The molecule has 0 unspecified atom stereocenters. The first kappa shape index (κ1) is 20.6. The standard InChI is InChI=1S/C24H27FN6O/c1-29-11-13-30(14-12-29)22-10-5-17(15-26-22)16-27-24(32)23-20-3-2-4-21(20)31(28-23)19-8-6-18(25)7-9-19/h5-10,15H,2-4,11-14,16H2,1H3,(H,27,32). The quantitative estimate of drug-likeness (QED) is 0.669. The number of hydrogen-bond acceptors (Lipinski definition) is 5. The lowest BCUT2D eigenvalue weighted by molar-refractivity contribution is 0.0944. The number of nitrogens with zero attached hydrogens (tertiary/aromatic N) is 5. The minimum absolute atomic E-state index is 0.188. The van der Waals surface area contributed by atoms with Crippen molar-refractivity contribution in [1.82, 2.24) is 25.0 Å². The van der Waals surface area contributed by atoms with Crippen LogP contribution in [0.4, 0.5) is 10.2 Å². The highest BCUT2D eigenvalue weighted by molar-refractivity contribution is 5.94. The molecule has 0 bridgehead atoms. The number of anilines is 1. The summed E-state index contributed by atoms with van der Waals surface area (Å²) in [6.45, 7) is 4.42. The van der Waals surface area contributed by atoms with Crippen LogP contribution in [0.25, 0.3) is 5.69 Å². The summed E-state index contributed by atoms with van der Waals surface area (Å²) in [5.41, 5.74) is 4.22. The van der Waals surface area contributed by atoms with Crippen molar-refractivity contribution in [3.63, 3.8) is 0 Å². The Morgan fingerprint density at radius 3 is 2.56 bits per heavy atom. The van der Waals surface area contributed by atoms with E-state index in [9.17, 15) is 9.18 Å². The van der Waals surface area contributed by atoms with E-state index < -0.39 is 0 Å². The molecule has 1 aromatic carbocycles. The molecule has 2 aliphatic rings. The topological polar surface area (TPSA) is 66.3 Å². The van der Waals surface area contributed by atoms with Gasteiger partial charge in [0.1, 0.15) is 11.6 Å². The average molecular weight is 435 g/mol. The SMILES string of the molecule is CN1CCN(c2ccc(CNC(=O)c3nn(-c4ccc(F)cc4)c4c3CCC4)cn2)CC1. The number of aromatic nitrogens is 3. The Kier molecular flexibility index (Phi) is 5.61. The van der Waals surface area contributed by atoms with Crippen molar-refractivity contribution in [2.24, 2.45) is 0 Å². The lowest BCUT2D eigenvalue weighted by Gasteiger charge is -2.33. The maximum atomic E-state index is 13.3. The molecule has 1 amide bonds. The second-order valence-corrected chi connectivity index (χ2v) is 8.51. The van der Waals surface area contributed by atoms with Crippen molar-refractivity contribution in [3.8, 4) is 5.69 Å². The number of rotatable bonds is 5. The molecule has 2 aromatic heterocycles. The van der Waals surface area contributed by atoms with E-state index in [-0.39, 0.29) is 11.7 Å². The third kappa shape index (κ3) is 4.10. The molecule has 0 radical (unpaired) electrons. The number of carbonyl (C=O) groups is 1. The molecule has 1 saturated heterocycles. The van der Waals surface area contributed by atoms with Gasteiger partial charge in [-0.1, -0.05) is 6.07 Å². The summed E-state index contributed by atoms with van der Waals surface area (Å²) >= 11 is 0. The van der Waals surface area contributed by atoms with Crippen LogP contribution < -0.4 is 10.2 Å². The number of likely N-dealkylation sites (N-methyl/N-ethyl adjacent to an activating group) is 1. The van der Waals surface area contributed by atoms with Gasteiger partial charge < -0.3 is 15.1 Å². The van der Waals surface area contributed by atoms with Crippen LogP contribution >= 0.6 is 0 Å². The molecular weight excluding hydrogens is 407 g/mol. The Bertz CT molecular complexity index is 1100. The molecule has 1 aliphatic heterocycles. The van der Waals surface area contributed by atoms with Crippen LogP contribution in [-0.4, -0.2) is 58.8 Å². The zero-order chi connectivity index (χ0) is 22.1. The van der Waals surface area contributed by atoms with Gasteiger partial charge in [0.2, 0.25) is 0 Å². The zero-order valence-corrected chi connectivity index (χ0v) is 18.2. The summed E-state index contributed by atoms with van der Waals surface area (Å²) in [5.74, 6) is 0.499. The minimum atomic E-state index is -0.289. The average Bonchev–Trinajstić information content (AvgIpc) is 3.42. The van der Waals surface area contributed by atoms with Gasteiger partial charge in [-0.05, 0) is 62.2 Å². The first-order valence-electron chi connectivity index (χ1n) is 11.1. The molecule has 3 aromatic rings. The number of amides is 1. The number of fused-ring (bicyclic) bond motifs is 1. The van der Waals surface area contributed by atoms with E-state index in [0.29, 0.717) is 12.2 Å². The summed E-state index contributed by atoms with van der Waals surface area (Å²) in [5, 5.41) is 7.57. The zero-order valence-electron chi connectivity index (χ0n) is 18.2. The van der Waals surface area contributed by atoms with Crippen molar-refractivity contribution in [3.05, 3.63) is 70.9 Å². The predicted molar refractivity (Wildman–Crippen MR) is 121 cm³/mol. The second kappa shape index (κ2) is 8.70. The Morgan fingerprint density at radius 1 is 1.06 bits per heavy atom. The van der Waals surface area contributed by atoms with Crippen LogP contribution in [-0.2, 0) is 19.4 Å². The van der Waals surface area contributed by atoms with E-state index in [1.807, 2.05) is 18.3 Å². The smallest absolute Gasteiger partial charge is 0.272 e. The van der Waals surface area contributed by atoms with E-state index in [4.69, 9.17) is 0 Å². The third-order valence-corrected chi connectivity index (χ3v) is 6.31. The molecule has 1 N–H and O–H groups in total. The van der Waals surface area contributed by atoms with Crippen molar-refractivity contribution in [2.75, 3.05) is 38.1 Å². The summed E-state index contributed by atoms with van der Waals surface area (Å²) in [7, 11) is 2.13.